The second-order valence-electron chi connectivity index (χ2n) is 7.34. The highest BCUT2D eigenvalue weighted by Gasteiger charge is 2.33. The van der Waals surface area contributed by atoms with Crippen LogP contribution in [0, 0.1) is 0 Å². The molecule has 1 aliphatic carbocycles. The molecule has 4 rings (SSSR count). The molecule has 6 nitrogen and oxygen atoms in total. The van der Waals surface area contributed by atoms with Gasteiger partial charge in [-0.3, -0.25) is 15.0 Å². The van der Waals surface area contributed by atoms with E-state index in [4.69, 9.17) is 5.84 Å². The normalized spacial score (nSPS) is 14.3. The molecule has 3 aromatic carbocycles. The van der Waals surface area contributed by atoms with Crippen LogP contribution >= 0.6 is 0 Å². The molecule has 0 bridgehead atoms. The Labute approximate surface area is 174 Å². The Balaban J connectivity index is 1.56. The number of hydrogen-bond acceptors (Lipinski definition) is 4. The van der Waals surface area contributed by atoms with Crippen molar-refractivity contribution < 1.29 is 14.7 Å². The predicted octanol–water partition coefficient (Wildman–Crippen LogP) is 2.40. The lowest BCUT2D eigenvalue weighted by Crippen LogP contribution is -2.52. The summed E-state index contributed by atoms with van der Waals surface area (Å²) >= 11 is 0. The lowest BCUT2D eigenvalue weighted by Gasteiger charge is -2.24. The fraction of sp³-hybridized carbons (Fsp3) is 0.167. The van der Waals surface area contributed by atoms with E-state index in [1.54, 1.807) is 24.3 Å². The first-order valence-corrected chi connectivity index (χ1v) is 9.81. The van der Waals surface area contributed by atoms with Gasteiger partial charge >= 0.3 is 0 Å². The minimum atomic E-state index is -1.22. The molecular formula is C24H23N3O3. The van der Waals surface area contributed by atoms with Crippen molar-refractivity contribution in [3.8, 4) is 11.1 Å². The monoisotopic (exact) mass is 401 g/mol. The third-order valence-electron chi connectivity index (χ3n) is 5.55. The summed E-state index contributed by atoms with van der Waals surface area (Å²) in [6.45, 7) is 0. The number of benzene rings is 3. The van der Waals surface area contributed by atoms with Gasteiger partial charge in [0.1, 0.15) is 12.1 Å². The van der Waals surface area contributed by atoms with Crippen LogP contribution in [-0.4, -0.2) is 23.0 Å². The van der Waals surface area contributed by atoms with E-state index in [2.05, 4.69) is 17.4 Å². The molecule has 0 radical (unpaired) electrons. The molecule has 2 amide bonds. The average Bonchev–Trinajstić information content (AvgIpc) is 3.11. The van der Waals surface area contributed by atoms with Crippen molar-refractivity contribution >= 4 is 11.8 Å². The number of nitrogens with two attached hydrogens (primary N) is 1. The van der Waals surface area contributed by atoms with Crippen LogP contribution in [0.5, 0.6) is 0 Å². The van der Waals surface area contributed by atoms with Gasteiger partial charge in [-0.25, -0.2) is 5.84 Å². The van der Waals surface area contributed by atoms with Crippen molar-refractivity contribution in [2.24, 2.45) is 5.84 Å². The second-order valence-corrected chi connectivity index (χ2v) is 7.34. The van der Waals surface area contributed by atoms with Gasteiger partial charge in [0.05, 0.1) is 0 Å². The lowest BCUT2D eigenvalue weighted by molar-refractivity contribution is -0.132. The molecule has 152 valence electrons. The molecule has 5 N–H and O–H groups in total. The van der Waals surface area contributed by atoms with Crippen LogP contribution in [0.2, 0.25) is 0 Å². The first-order chi connectivity index (χ1) is 14.6. The highest BCUT2D eigenvalue weighted by molar-refractivity contribution is 5.89. The topological polar surface area (TPSA) is 104 Å². The highest BCUT2D eigenvalue weighted by atomic mass is 16.3. The summed E-state index contributed by atoms with van der Waals surface area (Å²) in [5.74, 6) is 4.18. The number of carbonyl (C=O) groups is 2. The quantitative estimate of drug-likeness (QED) is 0.289. The number of hydrogen-bond donors (Lipinski definition) is 4. The van der Waals surface area contributed by atoms with E-state index in [1.165, 1.54) is 0 Å². The third-order valence-corrected chi connectivity index (χ3v) is 5.55. The van der Waals surface area contributed by atoms with Gasteiger partial charge in [-0.2, -0.15) is 0 Å². The zero-order valence-corrected chi connectivity index (χ0v) is 16.3. The van der Waals surface area contributed by atoms with E-state index in [0.717, 1.165) is 22.3 Å². The second kappa shape index (κ2) is 8.49. The van der Waals surface area contributed by atoms with Gasteiger partial charge in [0.25, 0.3) is 5.91 Å². The first kappa shape index (κ1) is 19.8. The van der Waals surface area contributed by atoms with Crippen molar-refractivity contribution in [2.75, 3.05) is 0 Å². The summed E-state index contributed by atoms with van der Waals surface area (Å²) < 4.78 is 0. The first-order valence-electron chi connectivity index (χ1n) is 9.81. The van der Waals surface area contributed by atoms with Crippen molar-refractivity contribution in [1.29, 1.82) is 0 Å². The number of fused-ring (bicyclic) bond motifs is 3. The van der Waals surface area contributed by atoms with E-state index in [0.29, 0.717) is 5.56 Å². The zero-order chi connectivity index (χ0) is 21.1. The Bertz CT molecular complexity index is 1020. The van der Waals surface area contributed by atoms with Crippen molar-refractivity contribution in [2.45, 2.75) is 24.5 Å². The Morgan fingerprint density at radius 3 is 1.97 bits per heavy atom. The van der Waals surface area contributed by atoms with Gasteiger partial charge in [-0.15, -0.1) is 0 Å². The molecule has 0 aliphatic heterocycles. The molecule has 0 heterocycles. The molecule has 0 aromatic heterocycles. The van der Waals surface area contributed by atoms with E-state index in [1.807, 2.05) is 47.9 Å². The summed E-state index contributed by atoms with van der Waals surface area (Å²) in [4.78, 5) is 25.2. The molecule has 0 saturated heterocycles. The Kier molecular flexibility index (Phi) is 5.61. The maximum atomic E-state index is 12.9. The summed E-state index contributed by atoms with van der Waals surface area (Å²) in [5, 5.41) is 13.3. The third kappa shape index (κ3) is 3.70. The molecule has 1 aliphatic rings. The zero-order valence-electron chi connectivity index (χ0n) is 16.3. The molecule has 0 fully saturated rings. The summed E-state index contributed by atoms with van der Waals surface area (Å²) in [5.41, 5.74) is 6.94. The highest BCUT2D eigenvalue weighted by Crippen LogP contribution is 2.46. The molecule has 0 spiro atoms. The van der Waals surface area contributed by atoms with Crippen molar-refractivity contribution in [1.82, 2.24) is 10.7 Å². The van der Waals surface area contributed by atoms with Gasteiger partial charge in [0.15, 0.2) is 0 Å². The SMILES string of the molecule is NNC(=O)[C@@H](NC(=O)CC1c2ccccc2-c2ccccc21)[C@H](O)c1ccccc1. The van der Waals surface area contributed by atoms with Crippen LogP contribution in [0.1, 0.15) is 35.1 Å². The fourth-order valence-electron chi connectivity index (χ4n) is 4.12. The fourth-order valence-corrected chi connectivity index (χ4v) is 4.12. The Morgan fingerprint density at radius 2 is 1.40 bits per heavy atom. The van der Waals surface area contributed by atoms with Gasteiger partial charge in [0.2, 0.25) is 5.91 Å². The molecule has 0 saturated carbocycles. The molecule has 6 heteroatoms. The van der Waals surface area contributed by atoms with E-state index in [-0.39, 0.29) is 18.2 Å². The standard InChI is InChI=1S/C24H23N3O3/c25-27-24(30)22(23(29)15-8-2-1-3-9-15)26-21(28)14-20-18-12-6-4-10-16(18)17-11-5-7-13-19(17)20/h1-13,20,22-23,29H,14,25H2,(H,26,28)(H,27,30)/t22-,23+/m0/s1. The van der Waals surface area contributed by atoms with E-state index < -0.39 is 18.1 Å². The number of carbonyl (C=O) groups excluding carboxylic acids is 2. The molecule has 0 unspecified atom stereocenters. The van der Waals surface area contributed by atoms with Gasteiger partial charge in [-0.05, 0) is 27.8 Å². The Morgan fingerprint density at radius 1 is 0.867 bits per heavy atom. The molecular weight excluding hydrogens is 378 g/mol. The van der Waals surface area contributed by atoms with Crippen LogP contribution in [0.25, 0.3) is 11.1 Å². The largest absolute Gasteiger partial charge is 0.386 e. The average molecular weight is 401 g/mol. The van der Waals surface area contributed by atoms with Crippen molar-refractivity contribution in [3.63, 3.8) is 0 Å². The van der Waals surface area contributed by atoms with E-state index in [9.17, 15) is 14.7 Å². The number of hydrazine groups is 1. The van der Waals surface area contributed by atoms with Gasteiger partial charge in [0, 0.05) is 12.3 Å². The summed E-state index contributed by atoms with van der Waals surface area (Å²) in [7, 11) is 0. The predicted molar refractivity (Wildman–Crippen MR) is 114 cm³/mol. The summed E-state index contributed by atoms with van der Waals surface area (Å²) in [6.07, 6.45) is -1.06. The summed E-state index contributed by atoms with van der Waals surface area (Å²) in [6, 6.07) is 23.5. The number of nitrogens with one attached hydrogen (secondary N) is 2. The van der Waals surface area contributed by atoms with Crippen LogP contribution in [0.3, 0.4) is 0 Å². The van der Waals surface area contributed by atoms with E-state index >= 15 is 0 Å². The maximum Gasteiger partial charge on any atom is 0.259 e. The Hall–Kier alpha value is -3.48. The lowest BCUT2D eigenvalue weighted by atomic mass is 9.93. The number of amides is 2. The van der Waals surface area contributed by atoms with Crippen LogP contribution < -0.4 is 16.6 Å². The smallest absolute Gasteiger partial charge is 0.259 e. The molecule has 30 heavy (non-hydrogen) atoms. The van der Waals surface area contributed by atoms with Crippen LogP contribution in [0.4, 0.5) is 0 Å². The number of aliphatic hydroxyl groups is 1. The minimum absolute atomic E-state index is 0.118. The van der Waals surface area contributed by atoms with Crippen LogP contribution in [-0.2, 0) is 9.59 Å². The van der Waals surface area contributed by atoms with Gasteiger partial charge in [-0.1, -0.05) is 78.9 Å². The minimum Gasteiger partial charge on any atom is -0.386 e. The number of rotatable bonds is 6. The van der Waals surface area contributed by atoms with Crippen LogP contribution in [0.15, 0.2) is 78.9 Å². The van der Waals surface area contributed by atoms with Crippen molar-refractivity contribution in [3.05, 3.63) is 95.6 Å². The van der Waals surface area contributed by atoms with Gasteiger partial charge < -0.3 is 10.4 Å². The molecule has 3 aromatic rings. The number of aliphatic hydroxyl groups excluding tert-OH is 1. The maximum absolute atomic E-state index is 12.9. The molecule has 2 atom stereocenters.